The molecule has 0 radical (unpaired) electrons. The van der Waals surface area contributed by atoms with Gasteiger partial charge in [0.05, 0.1) is 7.11 Å². The van der Waals surface area contributed by atoms with E-state index >= 15 is 0 Å². The van der Waals surface area contributed by atoms with E-state index < -0.39 is 16.0 Å². The van der Waals surface area contributed by atoms with Crippen LogP contribution in [-0.4, -0.2) is 26.7 Å². The Morgan fingerprint density at radius 1 is 1.45 bits per heavy atom. The van der Waals surface area contributed by atoms with Gasteiger partial charge >= 0.3 is 5.97 Å². The molecule has 2 aromatic heterocycles. The molecule has 2 heterocycles. The summed E-state index contributed by atoms with van der Waals surface area (Å²) in [6, 6.07) is 1.44. The van der Waals surface area contributed by atoms with Crippen molar-refractivity contribution in [2.24, 2.45) is 0 Å². The summed E-state index contributed by atoms with van der Waals surface area (Å²) >= 11 is 1.01. The second-order valence-electron chi connectivity index (χ2n) is 4.00. The van der Waals surface area contributed by atoms with Crippen LogP contribution < -0.4 is 4.72 Å². The van der Waals surface area contributed by atoms with E-state index in [1.54, 1.807) is 19.2 Å². The molecule has 0 saturated heterocycles. The van der Waals surface area contributed by atoms with E-state index in [-0.39, 0.29) is 15.6 Å². The number of anilines is 1. The third-order valence-corrected chi connectivity index (χ3v) is 5.17. The smallest absolute Gasteiger partial charge is 0.349 e. The average molecular weight is 316 g/mol. The summed E-state index contributed by atoms with van der Waals surface area (Å²) in [7, 11) is -2.74. The highest BCUT2D eigenvalue weighted by molar-refractivity contribution is 7.93. The number of methoxy groups -OCH3 is 1. The lowest BCUT2D eigenvalue weighted by atomic mass is 10.3. The zero-order chi connectivity index (χ0) is 14.9. The molecule has 0 saturated carbocycles. The van der Waals surface area contributed by atoms with E-state index in [9.17, 15) is 13.2 Å². The van der Waals surface area contributed by atoms with Gasteiger partial charge in [0.15, 0.2) is 5.82 Å². The Morgan fingerprint density at radius 2 is 2.15 bits per heavy atom. The summed E-state index contributed by atoms with van der Waals surface area (Å²) in [6.45, 7) is 3.24. The second-order valence-corrected chi connectivity index (χ2v) is 6.50. The number of nitrogens with one attached hydrogen (secondary N) is 1. The molecule has 0 unspecified atom stereocenters. The number of aromatic nitrogens is 1. The minimum absolute atomic E-state index is 0.0257. The molecule has 0 aliphatic heterocycles. The van der Waals surface area contributed by atoms with Crippen molar-refractivity contribution >= 4 is 33.1 Å². The van der Waals surface area contributed by atoms with E-state index in [0.29, 0.717) is 11.3 Å². The van der Waals surface area contributed by atoms with Gasteiger partial charge in [-0.05, 0) is 24.8 Å². The van der Waals surface area contributed by atoms with Crippen LogP contribution in [0.3, 0.4) is 0 Å². The fourth-order valence-electron chi connectivity index (χ4n) is 1.60. The molecule has 0 bridgehead atoms. The number of carbonyl (C=O) groups excluding carboxylic acids is 1. The molecule has 0 atom stereocenters. The number of nitrogens with zero attached hydrogens (tertiary/aromatic N) is 1. The van der Waals surface area contributed by atoms with E-state index in [2.05, 4.69) is 14.6 Å². The molecule has 7 nitrogen and oxygen atoms in total. The molecule has 1 N–H and O–H groups in total. The van der Waals surface area contributed by atoms with Crippen LogP contribution in [0, 0.1) is 13.8 Å². The van der Waals surface area contributed by atoms with Crippen LogP contribution in [0.5, 0.6) is 0 Å². The fourth-order valence-corrected chi connectivity index (χ4v) is 4.30. The zero-order valence-electron chi connectivity index (χ0n) is 11.0. The van der Waals surface area contributed by atoms with Crippen molar-refractivity contribution in [2.45, 2.75) is 18.7 Å². The predicted octanol–water partition coefficient (Wildman–Crippen LogP) is 1.94. The Morgan fingerprint density at radius 3 is 2.70 bits per heavy atom. The molecule has 108 valence electrons. The van der Waals surface area contributed by atoms with Crippen LogP contribution in [0.15, 0.2) is 20.9 Å². The number of hydrogen-bond acceptors (Lipinski definition) is 7. The first-order chi connectivity index (χ1) is 9.35. The monoisotopic (exact) mass is 316 g/mol. The third kappa shape index (κ3) is 2.68. The van der Waals surface area contributed by atoms with Crippen LogP contribution in [0.1, 0.15) is 21.0 Å². The van der Waals surface area contributed by atoms with Crippen molar-refractivity contribution in [3.8, 4) is 0 Å². The summed E-state index contributed by atoms with van der Waals surface area (Å²) < 4.78 is 36.3. The van der Waals surface area contributed by atoms with Crippen molar-refractivity contribution in [2.75, 3.05) is 11.8 Å². The van der Waals surface area contributed by atoms with Crippen molar-refractivity contribution in [1.82, 2.24) is 5.16 Å². The lowest BCUT2D eigenvalue weighted by molar-refractivity contribution is 0.0602. The van der Waals surface area contributed by atoms with Crippen LogP contribution in [-0.2, 0) is 14.8 Å². The van der Waals surface area contributed by atoms with Gasteiger partial charge in [0, 0.05) is 6.07 Å². The molecule has 20 heavy (non-hydrogen) atoms. The quantitative estimate of drug-likeness (QED) is 0.866. The fraction of sp³-hybridized carbons (Fsp3) is 0.273. The first kappa shape index (κ1) is 14.5. The first-order valence-electron chi connectivity index (χ1n) is 5.47. The SMILES string of the molecule is COC(=O)c1scc(C)c1S(=O)(=O)Nc1cc(C)on1. The molecule has 0 aliphatic carbocycles. The Labute approximate surface area is 119 Å². The average Bonchev–Trinajstić information content (AvgIpc) is 2.94. The summed E-state index contributed by atoms with van der Waals surface area (Å²) in [5.41, 5.74) is 0.461. The van der Waals surface area contributed by atoms with Crippen molar-refractivity contribution in [3.05, 3.63) is 27.6 Å². The Balaban J connectivity index is 2.44. The summed E-state index contributed by atoms with van der Waals surface area (Å²) in [6.07, 6.45) is 0. The molecular weight excluding hydrogens is 304 g/mol. The van der Waals surface area contributed by atoms with Gasteiger partial charge in [-0.1, -0.05) is 5.16 Å². The number of rotatable bonds is 4. The maximum Gasteiger partial charge on any atom is 0.349 e. The summed E-state index contributed by atoms with van der Waals surface area (Å²) in [4.78, 5) is 11.5. The predicted molar refractivity (Wildman–Crippen MR) is 72.4 cm³/mol. The van der Waals surface area contributed by atoms with E-state index in [1.165, 1.54) is 13.2 Å². The van der Waals surface area contributed by atoms with Crippen LogP contribution in [0.25, 0.3) is 0 Å². The topological polar surface area (TPSA) is 98.5 Å². The van der Waals surface area contributed by atoms with Gasteiger partial charge in [0.25, 0.3) is 10.0 Å². The molecule has 0 amide bonds. The first-order valence-corrected chi connectivity index (χ1v) is 7.84. The molecular formula is C11H12N2O5S2. The molecule has 0 aromatic carbocycles. The van der Waals surface area contributed by atoms with Gasteiger partial charge in [-0.15, -0.1) is 11.3 Å². The van der Waals surface area contributed by atoms with Gasteiger partial charge in [-0.3, -0.25) is 4.72 Å². The molecule has 0 spiro atoms. The molecule has 0 fully saturated rings. The number of hydrogen-bond donors (Lipinski definition) is 1. The highest BCUT2D eigenvalue weighted by atomic mass is 32.2. The minimum Gasteiger partial charge on any atom is -0.465 e. The third-order valence-electron chi connectivity index (χ3n) is 2.42. The molecule has 2 rings (SSSR count). The van der Waals surface area contributed by atoms with E-state index in [4.69, 9.17) is 4.52 Å². The lowest BCUT2D eigenvalue weighted by Gasteiger charge is -2.06. The summed E-state index contributed by atoms with van der Waals surface area (Å²) in [5, 5.41) is 5.14. The van der Waals surface area contributed by atoms with Crippen molar-refractivity contribution < 1.29 is 22.5 Å². The van der Waals surface area contributed by atoms with E-state index in [1.807, 2.05) is 0 Å². The highest BCUT2D eigenvalue weighted by Crippen LogP contribution is 2.29. The zero-order valence-corrected chi connectivity index (χ0v) is 12.6. The van der Waals surface area contributed by atoms with Crippen molar-refractivity contribution in [1.29, 1.82) is 0 Å². The maximum atomic E-state index is 12.3. The van der Waals surface area contributed by atoms with Gasteiger partial charge in [0.2, 0.25) is 0 Å². The number of aryl methyl sites for hydroxylation is 2. The standard InChI is InChI=1S/C11H12N2O5S2/c1-6-5-19-9(11(14)17-3)10(6)20(15,16)13-8-4-7(2)18-12-8/h4-5H,1-3H3,(H,12,13). The Bertz CT molecular complexity index is 745. The number of carbonyl (C=O) groups is 1. The van der Waals surface area contributed by atoms with Gasteiger partial charge in [-0.2, -0.15) is 0 Å². The largest absolute Gasteiger partial charge is 0.465 e. The van der Waals surface area contributed by atoms with E-state index in [0.717, 1.165) is 11.3 Å². The van der Waals surface area contributed by atoms with Crippen molar-refractivity contribution in [3.63, 3.8) is 0 Å². The van der Waals surface area contributed by atoms with Gasteiger partial charge < -0.3 is 9.26 Å². The number of thiophene rings is 1. The number of esters is 1. The highest BCUT2D eigenvalue weighted by Gasteiger charge is 2.28. The van der Waals surface area contributed by atoms with Gasteiger partial charge in [-0.25, -0.2) is 13.2 Å². The summed E-state index contributed by atoms with van der Waals surface area (Å²) in [5.74, 6) is -0.165. The lowest BCUT2D eigenvalue weighted by Crippen LogP contribution is -2.17. The molecule has 9 heteroatoms. The normalized spacial score (nSPS) is 11.3. The van der Waals surface area contributed by atoms with Crippen LogP contribution in [0.4, 0.5) is 5.82 Å². The number of ether oxygens (including phenoxy) is 1. The number of sulfonamides is 1. The molecule has 0 aliphatic rings. The minimum atomic E-state index is -3.94. The maximum absolute atomic E-state index is 12.3. The van der Waals surface area contributed by atoms with Crippen LogP contribution >= 0.6 is 11.3 Å². The van der Waals surface area contributed by atoms with Crippen LogP contribution in [0.2, 0.25) is 0 Å². The van der Waals surface area contributed by atoms with Gasteiger partial charge in [0.1, 0.15) is 15.5 Å². The second kappa shape index (κ2) is 5.25. The Hall–Kier alpha value is -1.87. The molecule has 2 aromatic rings. The Kier molecular flexibility index (Phi) is 3.82.